The summed E-state index contributed by atoms with van der Waals surface area (Å²) in [4.78, 5) is 39.7. The monoisotopic (exact) mass is 665 g/mol. The van der Waals surface area contributed by atoms with Crippen LogP contribution in [-0.2, 0) is 9.59 Å². The predicted molar refractivity (Wildman–Crippen MR) is 179 cm³/mol. The van der Waals surface area contributed by atoms with Gasteiger partial charge in [-0.1, -0.05) is 47.5 Å². The van der Waals surface area contributed by atoms with Gasteiger partial charge in [0.1, 0.15) is 5.70 Å². The number of benzene rings is 4. The van der Waals surface area contributed by atoms with Gasteiger partial charge in [0.25, 0.3) is 11.8 Å². The van der Waals surface area contributed by atoms with Crippen molar-refractivity contribution in [3.05, 3.63) is 112 Å². The molecule has 4 aromatic rings. The Morgan fingerprint density at radius 2 is 1.47 bits per heavy atom. The number of ether oxygens (including phenoxy) is 3. The molecule has 0 spiro atoms. The van der Waals surface area contributed by atoms with Crippen LogP contribution in [0.25, 0.3) is 6.08 Å². The molecule has 0 heterocycles. The molecule has 4 aromatic carbocycles. The number of thioether (sulfide) groups is 1. The maximum atomic E-state index is 13.5. The average molecular weight is 667 g/mol. The van der Waals surface area contributed by atoms with Crippen molar-refractivity contribution in [2.75, 3.05) is 37.7 Å². The van der Waals surface area contributed by atoms with Crippen LogP contribution in [-0.4, -0.2) is 44.8 Å². The van der Waals surface area contributed by atoms with E-state index in [1.54, 1.807) is 84.9 Å². The number of nitrogens with one attached hydrogen (secondary N) is 3. The highest BCUT2D eigenvalue weighted by Crippen LogP contribution is 2.38. The van der Waals surface area contributed by atoms with E-state index in [1.807, 2.05) is 0 Å². The molecule has 0 atom stereocenters. The van der Waals surface area contributed by atoms with Gasteiger partial charge in [-0.25, -0.2) is 0 Å². The normalized spacial score (nSPS) is 10.9. The molecular weight excluding hydrogens is 637 g/mol. The van der Waals surface area contributed by atoms with Crippen molar-refractivity contribution in [1.82, 2.24) is 5.32 Å². The van der Waals surface area contributed by atoms with E-state index in [9.17, 15) is 14.4 Å². The van der Waals surface area contributed by atoms with Crippen LogP contribution in [0.15, 0.2) is 95.5 Å². The van der Waals surface area contributed by atoms with Gasteiger partial charge in [0.2, 0.25) is 11.7 Å². The molecule has 0 aromatic heterocycles. The van der Waals surface area contributed by atoms with Gasteiger partial charge < -0.3 is 30.2 Å². The fraction of sp³-hybridized carbons (Fsp3) is 0.121. The summed E-state index contributed by atoms with van der Waals surface area (Å²) in [6.07, 6.45) is 1.51. The van der Waals surface area contributed by atoms with Crippen molar-refractivity contribution < 1.29 is 28.6 Å². The molecular formula is C33H29Cl2N3O6S. The molecule has 12 heteroatoms. The Kier molecular flexibility index (Phi) is 11.7. The van der Waals surface area contributed by atoms with Gasteiger partial charge in [-0.2, -0.15) is 0 Å². The Labute approximate surface area is 274 Å². The first-order valence-corrected chi connectivity index (χ1v) is 15.1. The number of rotatable bonds is 12. The van der Waals surface area contributed by atoms with Crippen molar-refractivity contribution in [2.24, 2.45) is 0 Å². The van der Waals surface area contributed by atoms with Gasteiger partial charge in [-0.15, -0.1) is 11.8 Å². The fourth-order valence-electron chi connectivity index (χ4n) is 4.06. The molecule has 0 aliphatic rings. The first-order chi connectivity index (χ1) is 21.7. The number of anilines is 2. The molecule has 0 unspecified atom stereocenters. The van der Waals surface area contributed by atoms with E-state index in [4.69, 9.17) is 37.4 Å². The molecule has 9 nitrogen and oxygen atoms in total. The van der Waals surface area contributed by atoms with Gasteiger partial charge >= 0.3 is 0 Å². The second-order valence-corrected chi connectivity index (χ2v) is 11.1. The summed E-state index contributed by atoms with van der Waals surface area (Å²) < 4.78 is 16.3. The molecule has 0 radical (unpaired) electrons. The summed E-state index contributed by atoms with van der Waals surface area (Å²) in [6.45, 7) is 0. The van der Waals surface area contributed by atoms with E-state index >= 15 is 0 Å². The molecule has 0 aliphatic heterocycles. The number of hydrogen-bond acceptors (Lipinski definition) is 7. The van der Waals surface area contributed by atoms with E-state index < -0.39 is 11.8 Å². The van der Waals surface area contributed by atoms with Crippen molar-refractivity contribution in [3.63, 3.8) is 0 Å². The standard InChI is InChI=1S/C33H29Cl2N3O6S/c1-42-27-17-20(18-28(43-2)31(27)44-3)16-26(38-32(40)21-8-5-4-6-9-21)33(41)36-22-12-14-23(15-13-22)45-19-29(39)37-25-11-7-10-24(34)30(25)35/h4-18H,19H2,1-3H3,(H,36,41)(H,37,39)(H,38,40)/b26-16-. The van der Waals surface area contributed by atoms with E-state index in [-0.39, 0.29) is 22.4 Å². The lowest BCUT2D eigenvalue weighted by Gasteiger charge is -2.15. The Morgan fingerprint density at radius 3 is 2.09 bits per heavy atom. The SMILES string of the molecule is COc1cc(/C=C(\NC(=O)c2ccccc2)C(=O)Nc2ccc(SCC(=O)Nc3cccc(Cl)c3Cl)cc2)cc(OC)c1OC. The van der Waals surface area contributed by atoms with Crippen LogP contribution in [0.5, 0.6) is 17.2 Å². The third-order valence-corrected chi connectivity index (χ3v) is 8.07. The van der Waals surface area contributed by atoms with Gasteiger partial charge in [0.05, 0.1) is 42.8 Å². The number of carbonyl (C=O) groups is 3. The zero-order valence-corrected chi connectivity index (χ0v) is 26.8. The molecule has 0 aliphatic carbocycles. The number of halogens is 2. The maximum Gasteiger partial charge on any atom is 0.272 e. The summed E-state index contributed by atoms with van der Waals surface area (Å²) in [7, 11) is 4.46. The summed E-state index contributed by atoms with van der Waals surface area (Å²) in [5.41, 5.74) is 1.79. The van der Waals surface area contributed by atoms with Crippen molar-refractivity contribution >= 4 is 70.1 Å². The summed E-state index contributed by atoms with van der Waals surface area (Å²) in [5, 5.41) is 8.88. The zero-order valence-electron chi connectivity index (χ0n) is 24.5. The molecule has 45 heavy (non-hydrogen) atoms. The molecule has 0 bridgehead atoms. The molecule has 232 valence electrons. The van der Waals surface area contributed by atoms with Gasteiger partial charge in [-0.3, -0.25) is 14.4 Å². The summed E-state index contributed by atoms with van der Waals surface area (Å²) in [6, 6.07) is 23.8. The molecule has 0 saturated carbocycles. The first kappa shape index (κ1) is 33.3. The van der Waals surface area contributed by atoms with E-state index in [0.29, 0.717) is 44.8 Å². The Balaban J connectivity index is 1.49. The highest BCUT2D eigenvalue weighted by molar-refractivity contribution is 8.00. The molecule has 4 rings (SSSR count). The first-order valence-electron chi connectivity index (χ1n) is 13.4. The van der Waals surface area contributed by atoms with Crippen LogP contribution < -0.4 is 30.2 Å². The predicted octanol–water partition coefficient (Wildman–Crippen LogP) is 7.16. The van der Waals surface area contributed by atoms with Crippen LogP contribution in [0.1, 0.15) is 15.9 Å². The molecule has 0 fully saturated rings. The lowest BCUT2D eigenvalue weighted by molar-refractivity contribution is -0.114. The third-order valence-electron chi connectivity index (χ3n) is 6.23. The van der Waals surface area contributed by atoms with Crippen LogP contribution in [0.2, 0.25) is 10.0 Å². The minimum absolute atomic E-state index is 0.0204. The quantitative estimate of drug-likeness (QED) is 0.109. The average Bonchev–Trinajstić information content (AvgIpc) is 3.06. The fourth-order valence-corrected chi connectivity index (χ4v) is 5.11. The van der Waals surface area contributed by atoms with Crippen molar-refractivity contribution in [2.45, 2.75) is 4.90 Å². The lowest BCUT2D eigenvalue weighted by atomic mass is 10.1. The van der Waals surface area contributed by atoms with Crippen LogP contribution in [0, 0.1) is 0 Å². The van der Waals surface area contributed by atoms with E-state index in [1.165, 1.54) is 39.2 Å². The zero-order chi connectivity index (χ0) is 32.3. The van der Waals surface area contributed by atoms with Gasteiger partial charge in [0, 0.05) is 16.1 Å². The summed E-state index contributed by atoms with van der Waals surface area (Å²) in [5.74, 6) is 0.00316. The Morgan fingerprint density at radius 1 is 0.800 bits per heavy atom. The second kappa shape index (κ2) is 15.9. The van der Waals surface area contributed by atoms with Crippen LogP contribution in [0.4, 0.5) is 11.4 Å². The largest absolute Gasteiger partial charge is 0.493 e. The van der Waals surface area contributed by atoms with Gasteiger partial charge in [-0.05, 0) is 72.3 Å². The van der Waals surface area contributed by atoms with Crippen molar-refractivity contribution in [3.8, 4) is 17.2 Å². The smallest absolute Gasteiger partial charge is 0.272 e. The molecule has 3 N–H and O–H groups in total. The number of carbonyl (C=O) groups excluding carboxylic acids is 3. The highest BCUT2D eigenvalue weighted by Gasteiger charge is 2.18. The van der Waals surface area contributed by atoms with Crippen LogP contribution in [0.3, 0.4) is 0 Å². The minimum atomic E-state index is -0.564. The van der Waals surface area contributed by atoms with Gasteiger partial charge in [0.15, 0.2) is 11.5 Å². The number of methoxy groups -OCH3 is 3. The van der Waals surface area contributed by atoms with Crippen LogP contribution >= 0.6 is 35.0 Å². The number of hydrogen-bond donors (Lipinski definition) is 3. The highest BCUT2D eigenvalue weighted by atomic mass is 35.5. The third kappa shape index (κ3) is 8.95. The second-order valence-electron chi connectivity index (χ2n) is 9.25. The number of amides is 3. The topological polar surface area (TPSA) is 115 Å². The maximum absolute atomic E-state index is 13.5. The molecule has 0 saturated heterocycles. The van der Waals surface area contributed by atoms with E-state index in [0.717, 1.165) is 4.90 Å². The van der Waals surface area contributed by atoms with Crippen molar-refractivity contribution in [1.29, 1.82) is 0 Å². The Bertz CT molecular complexity index is 1690. The molecule has 3 amide bonds. The summed E-state index contributed by atoms with van der Waals surface area (Å²) >= 11 is 13.5. The Hall–Kier alpha value is -4.64. The lowest BCUT2D eigenvalue weighted by Crippen LogP contribution is -2.30. The van der Waals surface area contributed by atoms with E-state index in [2.05, 4.69) is 16.0 Å². The minimum Gasteiger partial charge on any atom is -0.493 e.